The summed E-state index contributed by atoms with van der Waals surface area (Å²) in [7, 11) is 1.53. The third-order valence-electron chi connectivity index (χ3n) is 2.79. The second-order valence-corrected chi connectivity index (χ2v) is 3.95. The minimum absolute atomic E-state index is 0.0605. The van der Waals surface area contributed by atoms with Gasteiger partial charge >= 0.3 is 0 Å². The Hall–Kier alpha value is -1.91. The Morgan fingerprint density at radius 1 is 0.889 bits per heavy atom. The average Bonchev–Trinajstić information content (AvgIpc) is 2.36. The van der Waals surface area contributed by atoms with Crippen LogP contribution in [0.5, 0.6) is 0 Å². The molecule has 1 heterocycles. The SMILES string of the molecule is Cc1c(F)c(F)c(-c2cccc[n+]2C)c(F)c1F. The van der Waals surface area contributed by atoms with Gasteiger partial charge in [-0.15, -0.1) is 0 Å². The summed E-state index contributed by atoms with van der Waals surface area (Å²) in [6, 6.07) is 4.56. The number of aryl methyl sites for hydroxylation is 1. The molecule has 0 fully saturated rings. The first-order valence-corrected chi connectivity index (χ1v) is 5.22. The van der Waals surface area contributed by atoms with Gasteiger partial charge in [-0.1, -0.05) is 0 Å². The molecule has 18 heavy (non-hydrogen) atoms. The summed E-state index contributed by atoms with van der Waals surface area (Å²) in [5.41, 5.74) is -1.30. The lowest BCUT2D eigenvalue weighted by Crippen LogP contribution is -2.31. The Labute approximate surface area is 101 Å². The monoisotopic (exact) mass is 256 g/mol. The van der Waals surface area contributed by atoms with Gasteiger partial charge in [-0.25, -0.2) is 22.1 Å². The van der Waals surface area contributed by atoms with Crippen LogP contribution in [-0.4, -0.2) is 0 Å². The molecule has 1 aromatic heterocycles. The zero-order valence-electron chi connectivity index (χ0n) is 9.77. The van der Waals surface area contributed by atoms with Crippen molar-refractivity contribution < 1.29 is 22.1 Å². The maximum Gasteiger partial charge on any atom is 0.218 e. The predicted octanol–water partition coefficient (Wildman–Crippen LogP) is 3.04. The van der Waals surface area contributed by atoms with E-state index in [1.165, 1.54) is 29.9 Å². The summed E-state index contributed by atoms with van der Waals surface area (Å²) in [5.74, 6) is -5.50. The highest BCUT2D eigenvalue weighted by atomic mass is 19.2. The molecule has 94 valence electrons. The molecule has 0 radical (unpaired) electrons. The van der Waals surface area contributed by atoms with E-state index in [1.54, 1.807) is 6.07 Å². The molecule has 2 rings (SSSR count). The van der Waals surface area contributed by atoms with Crippen molar-refractivity contribution in [3.8, 4) is 11.3 Å². The molecule has 0 unspecified atom stereocenters. The summed E-state index contributed by atoms with van der Waals surface area (Å²) in [6.45, 7) is 0.992. The van der Waals surface area contributed by atoms with Crippen LogP contribution in [0.3, 0.4) is 0 Å². The number of rotatable bonds is 1. The fourth-order valence-corrected chi connectivity index (χ4v) is 1.75. The molecule has 0 spiro atoms. The lowest BCUT2D eigenvalue weighted by atomic mass is 10.1. The van der Waals surface area contributed by atoms with Gasteiger partial charge in [0.25, 0.3) is 0 Å². The van der Waals surface area contributed by atoms with Gasteiger partial charge in [0.15, 0.2) is 29.5 Å². The minimum Gasteiger partial charge on any atom is -0.203 e. The van der Waals surface area contributed by atoms with Crippen molar-refractivity contribution in [1.29, 1.82) is 0 Å². The summed E-state index contributed by atoms with van der Waals surface area (Å²) in [5, 5.41) is 0. The molecule has 0 aliphatic rings. The van der Waals surface area contributed by atoms with E-state index in [-0.39, 0.29) is 5.69 Å². The Balaban J connectivity index is 2.85. The number of pyridine rings is 1. The van der Waals surface area contributed by atoms with Crippen molar-refractivity contribution in [3.05, 3.63) is 53.2 Å². The Bertz CT molecular complexity index is 594. The summed E-state index contributed by atoms with van der Waals surface area (Å²) >= 11 is 0. The largest absolute Gasteiger partial charge is 0.218 e. The number of benzene rings is 1. The van der Waals surface area contributed by atoms with Crippen LogP contribution < -0.4 is 4.57 Å². The van der Waals surface area contributed by atoms with Gasteiger partial charge in [0.1, 0.15) is 12.6 Å². The second kappa shape index (κ2) is 4.40. The molecule has 0 bridgehead atoms. The number of halogens is 4. The molecule has 0 saturated heterocycles. The van der Waals surface area contributed by atoms with Gasteiger partial charge in [0.2, 0.25) is 5.69 Å². The number of hydrogen-bond acceptors (Lipinski definition) is 0. The highest BCUT2D eigenvalue weighted by Crippen LogP contribution is 2.29. The van der Waals surface area contributed by atoms with Gasteiger partial charge in [-0.05, 0) is 13.0 Å². The van der Waals surface area contributed by atoms with Crippen LogP contribution in [0.1, 0.15) is 5.56 Å². The summed E-state index contributed by atoms with van der Waals surface area (Å²) < 4.78 is 55.8. The Morgan fingerprint density at radius 2 is 1.44 bits per heavy atom. The molecule has 1 aromatic carbocycles. The van der Waals surface area contributed by atoms with Crippen molar-refractivity contribution in [2.75, 3.05) is 0 Å². The van der Waals surface area contributed by atoms with Crippen molar-refractivity contribution in [3.63, 3.8) is 0 Å². The first-order chi connectivity index (χ1) is 8.45. The molecular weight excluding hydrogens is 246 g/mol. The summed E-state index contributed by atoms with van der Waals surface area (Å²) in [4.78, 5) is 0. The highest BCUT2D eigenvalue weighted by molar-refractivity contribution is 5.59. The molecule has 1 nitrogen and oxygen atoms in total. The molecule has 5 heteroatoms. The van der Waals surface area contributed by atoms with Gasteiger partial charge in [-0.3, -0.25) is 0 Å². The third-order valence-corrected chi connectivity index (χ3v) is 2.79. The van der Waals surface area contributed by atoms with Crippen LogP contribution in [0.15, 0.2) is 24.4 Å². The predicted molar refractivity (Wildman–Crippen MR) is 57.6 cm³/mol. The van der Waals surface area contributed by atoms with Gasteiger partial charge in [0, 0.05) is 17.7 Å². The fraction of sp³-hybridized carbons (Fsp3) is 0.154. The number of aromatic nitrogens is 1. The van der Waals surface area contributed by atoms with E-state index in [9.17, 15) is 17.6 Å². The molecule has 2 aromatic rings. The van der Waals surface area contributed by atoms with Crippen molar-refractivity contribution in [2.45, 2.75) is 6.92 Å². The Morgan fingerprint density at radius 3 is 1.94 bits per heavy atom. The summed E-state index contributed by atoms with van der Waals surface area (Å²) in [6.07, 6.45) is 1.53. The number of nitrogens with zero attached hydrogens (tertiary/aromatic N) is 1. The van der Waals surface area contributed by atoms with E-state index in [0.717, 1.165) is 6.92 Å². The zero-order valence-corrected chi connectivity index (χ0v) is 9.77. The maximum atomic E-state index is 13.8. The van der Waals surface area contributed by atoms with Crippen molar-refractivity contribution >= 4 is 0 Å². The second-order valence-electron chi connectivity index (χ2n) is 3.95. The zero-order chi connectivity index (χ0) is 13.4. The van der Waals surface area contributed by atoms with Gasteiger partial charge in [-0.2, -0.15) is 0 Å². The standard InChI is InChI=1S/C13H10F4N/c1-7-10(14)12(16)9(13(17)11(7)15)8-5-3-4-6-18(8)2/h3-6H,1-2H3/q+1. The van der Waals surface area contributed by atoms with E-state index in [0.29, 0.717) is 0 Å². The van der Waals surface area contributed by atoms with Crippen LogP contribution >= 0.6 is 0 Å². The third kappa shape index (κ3) is 1.75. The minimum atomic E-state index is -1.38. The maximum absolute atomic E-state index is 13.8. The first-order valence-electron chi connectivity index (χ1n) is 5.22. The fourth-order valence-electron chi connectivity index (χ4n) is 1.75. The van der Waals surface area contributed by atoms with Gasteiger partial charge < -0.3 is 0 Å². The molecule has 0 amide bonds. The van der Waals surface area contributed by atoms with Crippen LogP contribution in [0.25, 0.3) is 11.3 Å². The molecule has 0 aliphatic carbocycles. The normalized spacial score (nSPS) is 10.8. The lowest BCUT2D eigenvalue weighted by Gasteiger charge is -2.08. The molecule has 0 atom stereocenters. The van der Waals surface area contributed by atoms with Crippen LogP contribution in [0.4, 0.5) is 17.6 Å². The smallest absolute Gasteiger partial charge is 0.203 e. The van der Waals surface area contributed by atoms with Crippen molar-refractivity contribution in [2.24, 2.45) is 7.05 Å². The quantitative estimate of drug-likeness (QED) is 0.419. The lowest BCUT2D eigenvalue weighted by molar-refractivity contribution is -0.660. The van der Waals surface area contributed by atoms with Crippen molar-refractivity contribution in [1.82, 2.24) is 0 Å². The van der Waals surface area contributed by atoms with Crippen LogP contribution in [-0.2, 0) is 7.05 Å². The van der Waals surface area contributed by atoms with E-state index < -0.39 is 34.4 Å². The molecule has 0 N–H and O–H groups in total. The van der Waals surface area contributed by atoms with Crippen LogP contribution in [0.2, 0.25) is 0 Å². The Kier molecular flexibility index (Phi) is 3.07. The van der Waals surface area contributed by atoms with Gasteiger partial charge in [0.05, 0.1) is 0 Å². The van der Waals surface area contributed by atoms with E-state index in [2.05, 4.69) is 0 Å². The number of hydrogen-bond donors (Lipinski definition) is 0. The van der Waals surface area contributed by atoms with E-state index in [4.69, 9.17) is 0 Å². The molecule has 0 saturated carbocycles. The molecule has 0 aliphatic heterocycles. The molecular formula is C13H10F4N+. The topological polar surface area (TPSA) is 3.88 Å². The highest BCUT2D eigenvalue weighted by Gasteiger charge is 2.28. The van der Waals surface area contributed by atoms with Crippen LogP contribution in [0, 0.1) is 30.2 Å². The van der Waals surface area contributed by atoms with E-state index >= 15 is 0 Å². The average molecular weight is 256 g/mol. The van der Waals surface area contributed by atoms with E-state index in [1.807, 2.05) is 0 Å². The first kappa shape index (κ1) is 12.5.